The lowest BCUT2D eigenvalue weighted by Crippen LogP contribution is -2.28. The van der Waals surface area contributed by atoms with Gasteiger partial charge in [0.1, 0.15) is 0 Å². The van der Waals surface area contributed by atoms with Crippen molar-refractivity contribution in [3.05, 3.63) is 341 Å². The molecule has 0 spiro atoms. The summed E-state index contributed by atoms with van der Waals surface area (Å²) in [7, 11) is 0. The predicted molar refractivity (Wildman–Crippen MR) is 315 cm³/mol. The second kappa shape index (κ2) is 17.6. The van der Waals surface area contributed by atoms with Crippen molar-refractivity contribution in [1.82, 2.24) is 4.57 Å². The third-order valence-corrected chi connectivity index (χ3v) is 16.9. The second-order valence-electron chi connectivity index (χ2n) is 20.6. The molecule has 3 aliphatic carbocycles. The Bertz CT molecular complexity index is 4100. The summed E-state index contributed by atoms with van der Waals surface area (Å²) in [6.45, 7) is 0. The summed E-state index contributed by atoms with van der Waals surface area (Å²) in [5.41, 5.74) is 25.0. The number of hydrogen-bond donors (Lipinski definition) is 0. The topological polar surface area (TPSA) is 8.17 Å². The maximum Gasteiger partial charge on any atom is 0.0714 e. The van der Waals surface area contributed by atoms with E-state index >= 15 is 0 Å². The molecule has 0 unspecified atom stereocenters. The summed E-state index contributed by atoms with van der Waals surface area (Å²) in [4.78, 5) is 2.50. The van der Waals surface area contributed by atoms with Gasteiger partial charge in [-0.05, 0) is 145 Å². The fourth-order valence-corrected chi connectivity index (χ4v) is 13.7. The van der Waals surface area contributed by atoms with Gasteiger partial charge in [-0.3, -0.25) is 0 Å². The average molecular weight is 969 g/mol. The molecule has 0 radical (unpaired) electrons. The summed E-state index contributed by atoms with van der Waals surface area (Å²) < 4.78 is 2.43. The number of anilines is 3. The fraction of sp³-hybridized carbons (Fsp3) is 0.0541. The zero-order valence-corrected chi connectivity index (χ0v) is 42.0. The summed E-state index contributed by atoms with van der Waals surface area (Å²) in [5, 5.41) is 1.35. The van der Waals surface area contributed by atoms with E-state index in [4.69, 9.17) is 0 Å². The third-order valence-electron chi connectivity index (χ3n) is 16.9. The summed E-state index contributed by atoms with van der Waals surface area (Å²) in [6, 6.07) is 104. The van der Waals surface area contributed by atoms with Crippen LogP contribution in [0.3, 0.4) is 0 Å². The van der Waals surface area contributed by atoms with Gasteiger partial charge in [0, 0.05) is 33.7 Å². The Labute approximate surface area is 444 Å². The van der Waals surface area contributed by atoms with Crippen molar-refractivity contribution in [2.75, 3.05) is 4.90 Å². The maximum absolute atomic E-state index is 2.50. The third kappa shape index (κ3) is 6.41. The quantitative estimate of drug-likeness (QED) is 0.140. The first-order valence-electron chi connectivity index (χ1n) is 26.7. The first kappa shape index (κ1) is 44.0. The molecule has 11 aromatic carbocycles. The van der Waals surface area contributed by atoms with Crippen molar-refractivity contribution in [2.45, 2.75) is 23.7 Å². The number of allylic oxidation sites excluding steroid dienone is 1. The largest absolute Gasteiger partial charge is 0.310 e. The van der Waals surface area contributed by atoms with E-state index in [0.29, 0.717) is 0 Å². The highest BCUT2D eigenvalue weighted by Crippen LogP contribution is 2.60. The molecule has 0 atom stereocenters. The van der Waals surface area contributed by atoms with Gasteiger partial charge in [-0.1, -0.05) is 237 Å². The monoisotopic (exact) mass is 968 g/mol. The van der Waals surface area contributed by atoms with Crippen LogP contribution in [0.2, 0.25) is 0 Å². The van der Waals surface area contributed by atoms with E-state index in [1.165, 1.54) is 106 Å². The lowest BCUT2D eigenvalue weighted by atomic mass is 9.67. The first-order chi connectivity index (χ1) is 37.7. The molecule has 1 heterocycles. The van der Waals surface area contributed by atoms with Crippen LogP contribution in [0, 0.1) is 0 Å². The Balaban J connectivity index is 0.907. The smallest absolute Gasteiger partial charge is 0.0714 e. The minimum Gasteiger partial charge on any atom is -0.310 e. The van der Waals surface area contributed by atoms with E-state index in [-0.39, 0.29) is 0 Å². The molecular formula is C74H52N2. The number of para-hydroxylation sites is 1. The fourth-order valence-electron chi connectivity index (χ4n) is 13.7. The van der Waals surface area contributed by atoms with Crippen molar-refractivity contribution in [2.24, 2.45) is 0 Å². The average Bonchev–Trinajstić information content (AvgIpc) is 4.22. The van der Waals surface area contributed by atoms with Gasteiger partial charge in [0.15, 0.2) is 0 Å². The summed E-state index contributed by atoms with van der Waals surface area (Å²) in [6.07, 6.45) is 6.77. The van der Waals surface area contributed by atoms with E-state index in [9.17, 15) is 0 Å². The number of rotatable bonds is 9. The Kier molecular flexibility index (Phi) is 10.2. The lowest BCUT2D eigenvalue weighted by molar-refractivity contribution is 0.768. The highest BCUT2D eigenvalue weighted by atomic mass is 15.1. The summed E-state index contributed by atoms with van der Waals surface area (Å²) >= 11 is 0. The molecule has 0 fully saturated rings. The van der Waals surface area contributed by atoms with Gasteiger partial charge in [0.25, 0.3) is 0 Å². The predicted octanol–water partition coefficient (Wildman–Crippen LogP) is 18.5. The molecule has 2 heteroatoms. The molecule has 0 bridgehead atoms. The van der Waals surface area contributed by atoms with Gasteiger partial charge in [-0.25, -0.2) is 0 Å². The zero-order valence-electron chi connectivity index (χ0n) is 42.0. The highest BCUT2D eigenvalue weighted by molar-refractivity contribution is 5.98. The van der Waals surface area contributed by atoms with Crippen LogP contribution in [0.25, 0.3) is 56.0 Å². The molecular weight excluding hydrogens is 917 g/mol. The minimum atomic E-state index is -0.538. The van der Waals surface area contributed by atoms with Crippen LogP contribution in [0.4, 0.5) is 17.1 Å². The number of aromatic nitrogens is 1. The Morgan fingerprint density at radius 2 is 0.803 bits per heavy atom. The first-order valence-corrected chi connectivity index (χ1v) is 26.7. The molecule has 358 valence electrons. The van der Waals surface area contributed by atoms with Crippen LogP contribution in [-0.2, 0) is 17.3 Å². The lowest BCUT2D eigenvalue weighted by Gasteiger charge is -2.35. The van der Waals surface area contributed by atoms with Crippen LogP contribution < -0.4 is 4.90 Å². The van der Waals surface area contributed by atoms with Crippen LogP contribution >= 0.6 is 0 Å². The van der Waals surface area contributed by atoms with E-state index in [2.05, 4.69) is 301 Å². The van der Waals surface area contributed by atoms with Gasteiger partial charge in [-0.2, -0.15) is 0 Å². The van der Waals surface area contributed by atoms with E-state index in [0.717, 1.165) is 29.9 Å². The molecule has 0 N–H and O–H groups in total. The van der Waals surface area contributed by atoms with Crippen molar-refractivity contribution >= 4 is 34.0 Å². The van der Waals surface area contributed by atoms with E-state index in [1.807, 2.05) is 0 Å². The molecule has 3 aliphatic rings. The van der Waals surface area contributed by atoms with Gasteiger partial charge >= 0.3 is 0 Å². The summed E-state index contributed by atoms with van der Waals surface area (Å²) in [5.74, 6) is 0. The van der Waals surface area contributed by atoms with Crippen molar-refractivity contribution in [3.63, 3.8) is 0 Å². The van der Waals surface area contributed by atoms with Crippen LogP contribution in [0.5, 0.6) is 0 Å². The molecule has 0 amide bonds. The molecule has 0 saturated heterocycles. The number of hydrogen-bond acceptors (Lipinski definition) is 1. The van der Waals surface area contributed by atoms with E-state index < -0.39 is 10.8 Å². The van der Waals surface area contributed by atoms with Crippen LogP contribution in [0.15, 0.2) is 285 Å². The normalized spacial score (nSPS) is 14.1. The molecule has 0 saturated carbocycles. The van der Waals surface area contributed by atoms with Crippen LogP contribution in [0.1, 0.15) is 62.2 Å². The molecule has 76 heavy (non-hydrogen) atoms. The van der Waals surface area contributed by atoms with Crippen molar-refractivity contribution < 1.29 is 0 Å². The molecule has 0 aliphatic heterocycles. The van der Waals surface area contributed by atoms with Crippen molar-refractivity contribution in [3.8, 4) is 39.1 Å². The minimum absolute atomic E-state index is 0.503. The molecule has 12 aromatic rings. The maximum atomic E-state index is 2.50. The van der Waals surface area contributed by atoms with E-state index in [1.54, 1.807) is 0 Å². The Morgan fingerprint density at radius 1 is 0.355 bits per heavy atom. The van der Waals surface area contributed by atoms with Crippen molar-refractivity contribution in [1.29, 1.82) is 0 Å². The number of fused-ring (bicyclic) bond motifs is 9. The van der Waals surface area contributed by atoms with Crippen LogP contribution in [-0.4, -0.2) is 4.57 Å². The second-order valence-corrected chi connectivity index (χ2v) is 20.6. The van der Waals surface area contributed by atoms with Gasteiger partial charge < -0.3 is 9.47 Å². The number of nitrogens with zero attached hydrogens (tertiary/aromatic N) is 2. The number of aryl methyl sites for hydroxylation is 1. The molecule has 1 aromatic heterocycles. The van der Waals surface area contributed by atoms with Gasteiger partial charge in [0.05, 0.1) is 22.0 Å². The Hall–Kier alpha value is -9.50. The van der Waals surface area contributed by atoms with Gasteiger partial charge in [0.2, 0.25) is 0 Å². The standard InChI is InChI=1S/C74H52N2/c1-4-21-53(22-5-1)73(65-32-15-10-27-60(65)61-28-11-16-33-66(61)73)56-43-49-58(50-44-56)75(57-45-39-51(40-46-57)52-41-47-59(48-42-52)76-69-36-18-13-29-62(69)63-30-14-19-37-70(63)76)71-38-20-35-68-72(71)64-31-12-17-34-67(64)74(68,54-23-6-2-7-24-54)55-25-8-3-9-26-55/h1-13,15-29,31-50H,14,30H2. The zero-order chi connectivity index (χ0) is 50.2. The SMILES string of the molecule is C1=Cc2c(c3ccccc3n2-c2ccc(-c3ccc(N(c4ccc(C5(c6ccccc6)c6ccccc6-c6ccccc65)cc4)c4cccc5c4-c4ccccc4C5(c4ccccc4)c4ccccc4)cc3)cc2)CC1. The molecule has 2 nitrogen and oxygen atoms in total. The van der Waals surface area contributed by atoms with Gasteiger partial charge in [-0.15, -0.1) is 0 Å². The number of benzene rings is 11. The Morgan fingerprint density at radius 3 is 1.39 bits per heavy atom. The highest BCUT2D eigenvalue weighted by Gasteiger charge is 2.48. The molecule has 15 rings (SSSR count).